The minimum Gasteiger partial charge on any atom is -0.495 e. The highest BCUT2D eigenvalue weighted by Gasteiger charge is 2.54. The molecule has 0 aromatic heterocycles. The predicted octanol–water partition coefficient (Wildman–Crippen LogP) is 2.13. The summed E-state index contributed by atoms with van der Waals surface area (Å²) in [6.07, 6.45) is 5.21. The summed E-state index contributed by atoms with van der Waals surface area (Å²) in [5, 5.41) is 0. The van der Waals surface area contributed by atoms with Gasteiger partial charge in [0.25, 0.3) is 0 Å². The van der Waals surface area contributed by atoms with Crippen LogP contribution in [0.5, 0.6) is 5.75 Å². The van der Waals surface area contributed by atoms with E-state index in [0.717, 1.165) is 56.6 Å². The van der Waals surface area contributed by atoms with Gasteiger partial charge in [-0.15, -0.1) is 0 Å². The number of methoxy groups -OCH3 is 1. The molecule has 2 bridgehead atoms. The van der Waals surface area contributed by atoms with Crippen molar-refractivity contribution in [3.05, 3.63) is 24.3 Å². The SMILES string of the molecule is COc1ccccc1N1CCN(C(=O)[C@H]2[C@H]3CC[C@@H](C3)N2C(=O)C2CC2)CC1. The van der Waals surface area contributed by atoms with Gasteiger partial charge in [0.15, 0.2) is 0 Å². The summed E-state index contributed by atoms with van der Waals surface area (Å²) >= 11 is 0. The minimum absolute atomic E-state index is 0.181. The monoisotopic (exact) mass is 383 g/mol. The van der Waals surface area contributed by atoms with Crippen LogP contribution in [-0.4, -0.2) is 67.0 Å². The molecule has 5 rings (SSSR count). The molecule has 2 aliphatic heterocycles. The van der Waals surface area contributed by atoms with Gasteiger partial charge < -0.3 is 19.4 Å². The van der Waals surface area contributed by atoms with Gasteiger partial charge >= 0.3 is 0 Å². The first kappa shape index (κ1) is 17.8. The van der Waals surface area contributed by atoms with Crippen molar-refractivity contribution < 1.29 is 14.3 Å². The highest BCUT2D eigenvalue weighted by Crippen LogP contribution is 2.46. The zero-order chi connectivity index (χ0) is 19.3. The van der Waals surface area contributed by atoms with Crippen LogP contribution in [-0.2, 0) is 9.59 Å². The Morgan fingerprint density at radius 3 is 2.43 bits per heavy atom. The van der Waals surface area contributed by atoms with Gasteiger partial charge in [0.1, 0.15) is 11.8 Å². The van der Waals surface area contributed by atoms with Gasteiger partial charge in [0, 0.05) is 38.1 Å². The molecule has 0 N–H and O–H groups in total. The molecule has 3 atom stereocenters. The quantitative estimate of drug-likeness (QED) is 0.799. The van der Waals surface area contributed by atoms with Crippen molar-refractivity contribution in [2.75, 3.05) is 38.2 Å². The fourth-order valence-corrected chi connectivity index (χ4v) is 5.41. The van der Waals surface area contributed by atoms with Gasteiger partial charge in [-0.05, 0) is 50.2 Å². The molecule has 6 nitrogen and oxygen atoms in total. The van der Waals surface area contributed by atoms with Crippen molar-refractivity contribution in [2.24, 2.45) is 11.8 Å². The lowest BCUT2D eigenvalue weighted by atomic mass is 9.96. The van der Waals surface area contributed by atoms with E-state index in [2.05, 4.69) is 11.0 Å². The van der Waals surface area contributed by atoms with Crippen LogP contribution in [0.3, 0.4) is 0 Å². The van der Waals surface area contributed by atoms with Crippen molar-refractivity contribution in [1.29, 1.82) is 0 Å². The number of anilines is 1. The van der Waals surface area contributed by atoms with Crippen molar-refractivity contribution >= 4 is 17.5 Å². The van der Waals surface area contributed by atoms with E-state index in [1.54, 1.807) is 7.11 Å². The summed E-state index contributed by atoms with van der Waals surface area (Å²) in [5.41, 5.74) is 1.09. The Bertz CT molecular complexity index is 770. The number of rotatable bonds is 4. The zero-order valence-corrected chi connectivity index (χ0v) is 16.5. The number of amides is 2. The van der Waals surface area contributed by atoms with Gasteiger partial charge in [-0.1, -0.05) is 12.1 Å². The van der Waals surface area contributed by atoms with E-state index in [4.69, 9.17) is 4.74 Å². The fraction of sp³-hybridized carbons (Fsp3) is 0.636. The fourth-order valence-electron chi connectivity index (χ4n) is 5.41. The van der Waals surface area contributed by atoms with Crippen LogP contribution in [0.15, 0.2) is 24.3 Å². The van der Waals surface area contributed by atoms with Crippen LogP contribution in [0.1, 0.15) is 32.1 Å². The number of fused-ring (bicyclic) bond motifs is 2. The third-order valence-electron chi connectivity index (χ3n) is 7.04. The number of hydrogen-bond acceptors (Lipinski definition) is 4. The summed E-state index contributed by atoms with van der Waals surface area (Å²) in [4.78, 5) is 32.5. The summed E-state index contributed by atoms with van der Waals surface area (Å²) in [6, 6.07) is 8.15. The van der Waals surface area contributed by atoms with E-state index in [1.165, 1.54) is 0 Å². The Balaban J connectivity index is 1.27. The van der Waals surface area contributed by atoms with E-state index in [1.807, 2.05) is 28.0 Å². The van der Waals surface area contributed by atoms with Crippen LogP contribution < -0.4 is 9.64 Å². The average molecular weight is 383 g/mol. The van der Waals surface area contributed by atoms with Crippen LogP contribution >= 0.6 is 0 Å². The van der Waals surface area contributed by atoms with Crippen molar-refractivity contribution in [3.63, 3.8) is 0 Å². The molecular weight excluding hydrogens is 354 g/mol. The van der Waals surface area contributed by atoms with Crippen LogP contribution in [0.4, 0.5) is 5.69 Å². The molecular formula is C22H29N3O3. The maximum absolute atomic E-state index is 13.4. The van der Waals surface area contributed by atoms with Gasteiger partial charge in [-0.2, -0.15) is 0 Å². The number of piperidine rings is 1. The molecule has 2 heterocycles. The lowest BCUT2D eigenvalue weighted by Gasteiger charge is -2.41. The number of carbonyl (C=O) groups is 2. The first-order chi connectivity index (χ1) is 13.7. The largest absolute Gasteiger partial charge is 0.495 e. The molecule has 2 amide bonds. The van der Waals surface area contributed by atoms with Crippen LogP contribution in [0, 0.1) is 11.8 Å². The number of carbonyl (C=O) groups excluding carboxylic acids is 2. The summed E-state index contributed by atoms with van der Waals surface area (Å²) in [6.45, 7) is 3.00. The number of likely N-dealkylation sites (tertiary alicyclic amines) is 1. The topological polar surface area (TPSA) is 53.1 Å². The number of para-hydroxylation sites is 2. The highest BCUT2D eigenvalue weighted by molar-refractivity contribution is 5.91. The highest BCUT2D eigenvalue weighted by atomic mass is 16.5. The van der Waals surface area contributed by atoms with E-state index in [0.29, 0.717) is 25.0 Å². The third kappa shape index (κ3) is 2.93. The first-order valence-corrected chi connectivity index (χ1v) is 10.7. The molecule has 1 aromatic rings. The number of piperazine rings is 1. The molecule has 1 aromatic carbocycles. The lowest BCUT2D eigenvalue weighted by Crippen LogP contribution is -2.58. The van der Waals surface area contributed by atoms with Crippen molar-refractivity contribution in [1.82, 2.24) is 9.80 Å². The predicted molar refractivity (Wildman–Crippen MR) is 106 cm³/mol. The molecule has 2 aliphatic carbocycles. The van der Waals surface area contributed by atoms with Gasteiger partial charge in [-0.25, -0.2) is 0 Å². The molecule has 2 saturated carbocycles. The van der Waals surface area contributed by atoms with Crippen molar-refractivity contribution in [3.8, 4) is 5.75 Å². The molecule has 150 valence electrons. The van der Waals surface area contributed by atoms with Gasteiger partial charge in [0.05, 0.1) is 12.8 Å². The molecule has 2 saturated heterocycles. The molecule has 4 fully saturated rings. The zero-order valence-electron chi connectivity index (χ0n) is 16.5. The minimum atomic E-state index is -0.204. The smallest absolute Gasteiger partial charge is 0.245 e. The number of hydrogen-bond donors (Lipinski definition) is 0. The average Bonchev–Trinajstić information content (AvgIpc) is 3.40. The Morgan fingerprint density at radius 2 is 1.71 bits per heavy atom. The first-order valence-electron chi connectivity index (χ1n) is 10.7. The number of ether oxygens (including phenoxy) is 1. The number of benzene rings is 1. The summed E-state index contributed by atoms with van der Waals surface area (Å²) < 4.78 is 5.49. The van der Waals surface area contributed by atoms with E-state index in [-0.39, 0.29) is 23.8 Å². The molecule has 0 spiro atoms. The lowest BCUT2D eigenvalue weighted by molar-refractivity contribution is -0.149. The van der Waals surface area contributed by atoms with Crippen LogP contribution in [0.2, 0.25) is 0 Å². The molecule has 4 aliphatic rings. The Labute approximate surface area is 166 Å². The maximum Gasteiger partial charge on any atom is 0.245 e. The molecule has 0 radical (unpaired) electrons. The summed E-state index contributed by atoms with van der Waals surface area (Å²) in [7, 11) is 1.69. The Hall–Kier alpha value is -2.24. The van der Waals surface area contributed by atoms with Crippen LogP contribution in [0.25, 0.3) is 0 Å². The third-order valence-corrected chi connectivity index (χ3v) is 7.04. The molecule has 28 heavy (non-hydrogen) atoms. The Kier molecular flexibility index (Phi) is 4.44. The van der Waals surface area contributed by atoms with Gasteiger partial charge in [0.2, 0.25) is 11.8 Å². The molecule has 6 heteroatoms. The van der Waals surface area contributed by atoms with E-state index < -0.39 is 0 Å². The summed E-state index contributed by atoms with van der Waals surface area (Å²) in [5.74, 6) is 1.86. The number of nitrogens with zero attached hydrogens (tertiary/aromatic N) is 3. The standard InChI is InChI=1S/C22H29N3O3/c1-28-19-5-3-2-4-18(19)23-10-12-24(13-11-23)22(27)20-16-8-9-17(14-16)25(20)21(26)15-6-7-15/h2-5,15-17,20H,6-14H2,1H3/t16-,17-,20+/m0/s1. The second-order valence-electron chi connectivity index (χ2n) is 8.68. The maximum atomic E-state index is 13.4. The van der Waals surface area contributed by atoms with E-state index >= 15 is 0 Å². The normalized spacial score (nSPS) is 29.3. The second kappa shape index (κ2) is 6.98. The molecule has 0 unspecified atom stereocenters. The Morgan fingerprint density at radius 1 is 0.964 bits per heavy atom. The van der Waals surface area contributed by atoms with Crippen molar-refractivity contribution in [2.45, 2.75) is 44.2 Å². The second-order valence-corrected chi connectivity index (χ2v) is 8.68. The van der Waals surface area contributed by atoms with E-state index in [9.17, 15) is 9.59 Å². The van der Waals surface area contributed by atoms with Gasteiger partial charge in [-0.3, -0.25) is 9.59 Å².